The van der Waals surface area contributed by atoms with E-state index in [0.717, 1.165) is 29.4 Å². The van der Waals surface area contributed by atoms with E-state index in [1.165, 1.54) is 36.6 Å². The maximum absolute atomic E-state index is 12.1. The molecule has 1 heterocycles. The predicted molar refractivity (Wildman–Crippen MR) is 96.9 cm³/mol. The Balaban J connectivity index is 1.60. The predicted octanol–water partition coefficient (Wildman–Crippen LogP) is 3.33. The Bertz CT molecular complexity index is 707. The normalized spacial score (nSPS) is 15.4. The third-order valence-corrected chi connectivity index (χ3v) is 5.54. The van der Waals surface area contributed by atoms with Crippen molar-refractivity contribution < 1.29 is 4.79 Å². The molecular formula is C18H24N4OS. The third kappa shape index (κ3) is 3.98. The Morgan fingerprint density at radius 2 is 2.00 bits per heavy atom. The highest BCUT2D eigenvalue weighted by Gasteiger charge is 2.17. The van der Waals surface area contributed by atoms with Gasteiger partial charge in [0.15, 0.2) is 11.0 Å². The smallest absolute Gasteiger partial charge is 0.230 e. The van der Waals surface area contributed by atoms with Crippen LogP contribution in [0.4, 0.5) is 0 Å². The maximum atomic E-state index is 12.1. The number of benzene rings is 1. The van der Waals surface area contributed by atoms with Crippen LogP contribution in [0.5, 0.6) is 0 Å². The van der Waals surface area contributed by atoms with Crippen LogP contribution in [0, 0.1) is 6.92 Å². The van der Waals surface area contributed by atoms with Crippen molar-refractivity contribution >= 4 is 17.7 Å². The van der Waals surface area contributed by atoms with Crippen molar-refractivity contribution in [1.29, 1.82) is 0 Å². The van der Waals surface area contributed by atoms with Gasteiger partial charge in [0.2, 0.25) is 5.91 Å². The number of carbonyl (C=O) groups is 1. The number of hydrogen-bond donors (Lipinski definition) is 1. The fourth-order valence-electron chi connectivity index (χ4n) is 3.15. The van der Waals surface area contributed by atoms with E-state index < -0.39 is 0 Å². The lowest BCUT2D eigenvalue weighted by atomic mass is 9.95. The van der Waals surface area contributed by atoms with Gasteiger partial charge in [0.1, 0.15) is 0 Å². The van der Waals surface area contributed by atoms with E-state index in [9.17, 15) is 4.79 Å². The van der Waals surface area contributed by atoms with Crippen molar-refractivity contribution in [2.45, 2.75) is 50.2 Å². The zero-order valence-electron chi connectivity index (χ0n) is 14.3. The monoisotopic (exact) mass is 344 g/mol. The molecular weight excluding hydrogens is 320 g/mol. The van der Waals surface area contributed by atoms with Crippen molar-refractivity contribution in [3.05, 3.63) is 29.8 Å². The lowest BCUT2D eigenvalue weighted by Crippen LogP contribution is -2.37. The molecule has 0 radical (unpaired) electrons. The van der Waals surface area contributed by atoms with Gasteiger partial charge in [-0.05, 0) is 25.3 Å². The van der Waals surface area contributed by atoms with Gasteiger partial charge in [-0.2, -0.15) is 0 Å². The highest BCUT2D eigenvalue weighted by Crippen LogP contribution is 2.25. The summed E-state index contributed by atoms with van der Waals surface area (Å²) in [5, 5.41) is 12.5. The summed E-state index contributed by atoms with van der Waals surface area (Å²) in [5.74, 6) is 1.31. The van der Waals surface area contributed by atoms with Crippen molar-refractivity contribution in [2.75, 3.05) is 5.75 Å². The molecule has 6 heteroatoms. The van der Waals surface area contributed by atoms with E-state index in [1.807, 2.05) is 29.8 Å². The van der Waals surface area contributed by atoms with E-state index in [4.69, 9.17) is 0 Å². The molecule has 0 saturated heterocycles. The molecule has 0 bridgehead atoms. The van der Waals surface area contributed by atoms with E-state index in [1.54, 1.807) is 0 Å². The summed E-state index contributed by atoms with van der Waals surface area (Å²) in [6.45, 7) is 2.06. The molecule has 5 nitrogen and oxygen atoms in total. The van der Waals surface area contributed by atoms with E-state index in [0.29, 0.717) is 11.8 Å². The molecule has 1 aliphatic carbocycles. The number of nitrogens with one attached hydrogen (secondary N) is 1. The summed E-state index contributed by atoms with van der Waals surface area (Å²) >= 11 is 1.44. The minimum absolute atomic E-state index is 0.0901. The number of amides is 1. The number of rotatable bonds is 5. The maximum Gasteiger partial charge on any atom is 0.230 e. The molecule has 0 atom stereocenters. The molecule has 1 aliphatic rings. The van der Waals surface area contributed by atoms with Gasteiger partial charge in [0.25, 0.3) is 0 Å². The van der Waals surface area contributed by atoms with Crippen molar-refractivity contribution in [1.82, 2.24) is 20.1 Å². The summed E-state index contributed by atoms with van der Waals surface area (Å²) in [4.78, 5) is 12.1. The second-order valence-corrected chi connectivity index (χ2v) is 7.31. The second kappa shape index (κ2) is 7.83. The summed E-state index contributed by atoms with van der Waals surface area (Å²) < 4.78 is 1.96. The molecule has 1 aromatic carbocycles. The number of hydrogen-bond acceptors (Lipinski definition) is 4. The average molecular weight is 344 g/mol. The molecule has 1 aromatic heterocycles. The van der Waals surface area contributed by atoms with Crippen LogP contribution in [0.3, 0.4) is 0 Å². The summed E-state index contributed by atoms with van der Waals surface area (Å²) in [5.41, 5.74) is 2.24. The van der Waals surface area contributed by atoms with Gasteiger partial charge < -0.3 is 9.88 Å². The minimum Gasteiger partial charge on any atom is -0.353 e. The van der Waals surface area contributed by atoms with Crippen LogP contribution < -0.4 is 5.32 Å². The molecule has 1 saturated carbocycles. The molecule has 1 N–H and O–H groups in total. The highest BCUT2D eigenvalue weighted by atomic mass is 32.2. The number of carbonyl (C=O) groups excluding carboxylic acids is 1. The number of aromatic nitrogens is 3. The number of nitrogens with zero attached hydrogens (tertiary/aromatic N) is 3. The van der Waals surface area contributed by atoms with Gasteiger partial charge in [-0.25, -0.2) is 0 Å². The second-order valence-electron chi connectivity index (χ2n) is 6.37. The molecule has 0 aliphatic heterocycles. The molecule has 3 rings (SSSR count). The van der Waals surface area contributed by atoms with Crippen molar-refractivity contribution in [2.24, 2.45) is 7.05 Å². The minimum atomic E-state index is 0.0901. The van der Waals surface area contributed by atoms with Crippen LogP contribution in [0.1, 0.15) is 37.7 Å². The van der Waals surface area contributed by atoms with E-state index in [-0.39, 0.29) is 5.91 Å². The zero-order valence-corrected chi connectivity index (χ0v) is 15.1. The topological polar surface area (TPSA) is 59.8 Å². The first-order valence-corrected chi connectivity index (χ1v) is 9.51. The van der Waals surface area contributed by atoms with E-state index in [2.05, 4.69) is 28.5 Å². The number of thioether (sulfide) groups is 1. The van der Waals surface area contributed by atoms with Crippen LogP contribution in [-0.2, 0) is 11.8 Å². The van der Waals surface area contributed by atoms with E-state index >= 15 is 0 Å². The van der Waals surface area contributed by atoms with Gasteiger partial charge in [0, 0.05) is 18.7 Å². The SMILES string of the molecule is Cc1ccccc1-c1nnc(SCC(=O)NC2CCCCC2)n1C. The standard InChI is InChI=1S/C18H24N4OS/c1-13-8-6-7-11-15(13)17-20-21-18(22(17)2)24-12-16(23)19-14-9-4-3-5-10-14/h6-8,11,14H,3-5,9-10,12H2,1-2H3,(H,19,23). The van der Waals surface area contributed by atoms with Gasteiger partial charge >= 0.3 is 0 Å². The quantitative estimate of drug-likeness (QED) is 0.845. The molecule has 0 spiro atoms. The van der Waals surface area contributed by atoms with Crippen LogP contribution in [-0.4, -0.2) is 32.5 Å². The lowest BCUT2D eigenvalue weighted by molar-refractivity contribution is -0.119. The van der Waals surface area contributed by atoms with Gasteiger partial charge in [-0.15, -0.1) is 10.2 Å². The largest absolute Gasteiger partial charge is 0.353 e. The Morgan fingerprint density at radius 1 is 1.25 bits per heavy atom. The van der Waals surface area contributed by atoms with Crippen LogP contribution in [0.25, 0.3) is 11.4 Å². The molecule has 24 heavy (non-hydrogen) atoms. The molecule has 1 amide bonds. The molecule has 128 valence electrons. The van der Waals surface area contributed by atoms with Gasteiger partial charge in [-0.1, -0.05) is 55.3 Å². The zero-order chi connectivity index (χ0) is 16.9. The van der Waals surface area contributed by atoms with Crippen LogP contribution in [0.15, 0.2) is 29.4 Å². The van der Waals surface area contributed by atoms with Crippen molar-refractivity contribution in [3.8, 4) is 11.4 Å². The first kappa shape index (κ1) is 17.0. The van der Waals surface area contributed by atoms with Crippen molar-refractivity contribution in [3.63, 3.8) is 0 Å². The molecule has 1 fully saturated rings. The first-order valence-electron chi connectivity index (χ1n) is 8.52. The summed E-state index contributed by atoms with van der Waals surface area (Å²) in [7, 11) is 1.95. The Hall–Kier alpha value is -1.82. The van der Waals surface area contributed by atoms with Gasteiger partial charge in [0.05, 0.1) is 5.75 Å². The molecule has 0 unspecified atom stereocenters. The fraction of sp³-hybridized carbons (Fsp3) is 0.500. The number of aryl methyl sites for hydroxylation is 1. The summed E-state index contributed by atoms with van der Waals surface area (Å²) in [6.07, 6.45) is 5.96. The first-order chi connectivity index (χ1) is 11.6. The third-order valence-electron chi connectivity index (χ3n) is 4.52. The van der Waals surface area contributed by atoms with Gasteiger partial charge in [-0.3, -0.25) is 4.79 Å². The Kier molecular flexibility index (Phi) is 5.56. The Morgan fingerprint density at radius 3 is 2.75 bits per heavy atom. The highest BCUT2D eigenvalue weighted by molar-refractivity contribution is 7.99. The average Bonchev–Trinajstić information content (AvgIpc) is 2.95. The van der Waals surface area contributed by atoms with Crippen LogP contribution >= 0.6 is 11.8 Å². The molecule has 2 aromatic rings. The Labute approximate surface area is 147 Å². The van der Waals surface area contributed by atoms with Crippen LogP contribution in [0.2, 0.25) is 0 Å². The lowest BCUT2D eigenvalue weighted by Gasteiger charge is -2.22. The fourth-order valence-corrected chi connectivity index (χ4v) is 3.87. The summed E-state index contributed by atoms with van der Waals surface area (Å²) in [6, 6.07) is 8.48.